The van der Waals surface area contributed by atoms with E-state index < -0.39 is 6.03 Å². The lowest BCUT2D eigenvalue weighted by Crippen LogP contribution is -2.43. The number of fused-ring (bicyclic) bond motifs is 1. The second-order valence-electron chi connectivity index (χ2n) is 8.21. The average molecular weight is 479 g/mol. The first kappa shape index (κ1) is 24.3. The first-order chi connectivity index (χ1) is 17.0. The third-order valence-corrected chi connectivity index (χ3v) is 5.94. The van der Waals surface area contributed by atoms with Gasteiger partial charge in [0.15, 0.2) is 6.29 Å². The molecule has 4 rings (SSSR count). The molecule has 0 unspecified atom stereocenters. The van der Waals surface area contributed by atoms with E-state index in [1.807, 2.05) is 0 Å². The lowest BCUT2D eigenvalue weighted by atomic mass is 10.0. The molecule has 1 N–H and O–H groups in total. The van der Waals surface area contributed by atoms with Gasteiger partial charge in [-0.05, 0) is 48.9 Å². The Morgan fingerprint density at radius 1 is 1.37 bits per heavy atom. The molecule has 4 heterocycles. The van der Waals surface area contributed by atoms with E-state index in [4.69, 9.17) is 9.47 Å². The summed E-state index contributed by atoms with van der Waals surface area (Å²) in [4.78, 5) is 49.0. The second kappa shape index (κ2) is 11.0. The number of aryl methyl sites for hydroxylation is 2. The van der Waals surface area contributed by atoms with E-state index in [0.717, 1.165) is 17.5 Å². The van der Waals surface area contributed by atoms with Gasteiger partial charge in [0.2, 0.25) is 0 Å². The summed E-state index contributed by atoms with van der Waals surface area (Å²) in [7, 11) is 1.62. The van der Waals surface area contributed by atoms with Crippen molar-refractivity contribution in [2.24, 2.45) is 0 Å². The van der Waals surface area contributed by atoms with Crippen LogP contribution >= 0.6 is 0 Å². The summed E-state index contributed by atoms with van der Waals surface area (Å²) in [6.07, 6.45) is 4.74. The van der Waals surface area contributed by atoms with E-state index >= 15 is 0 Å². The van der Waals surface area contributed by atoms with Gasteiger partial charge in [-0.1, -0.05) is 0 Å². The summed E-state index contributed by atoms with van der Waals surface area (Å²) >= 11 is 0. The minimum absolute atomic E-state index is 0.0467. The maximum atomic E-state index is 13.2. The molecule has 0 aromatic carbocycles. The minimum atomic E-state index is -0.439. The summed E-state index contributed by atoms with van der Waals surface area (Å²) in [5.41, 5.74) is 2.53. The molecular formula is C24H26N6O5. The molecule has 0 bridgehead atoms. The van der Waals surface area contributed by atoms with Gasteiger partial charge in [0.1, 0.15) is 30.0 Å². The maximum Gasteiger partial charge on any atom is 0.328 e. The molecule has 0 radical (unpaired) electrons. The Bertz CT molecular complexity index is 1180. The largest absolute Gasteiger partial charge is 0.385 e. The molecule has 1 saturated heterocycles. The Morgan fingerprint density at radius 3 is 2.97 bits per heavy atom. The SMILES string of the molecule is COCCCc1cc(NC(=O)N2CCCc3cc(N4CCOCC4=O)c(C=O)nc32)ncc1C#N. The summed E-state index contributed by atoms with van der Waals surface area (Å²) in [5.74, 6) is 0.466. The fraction of sp³-hybridized carbons (Fsp3) is 0.417. The number of hydrogen-bond donors (Lipinski definition) is 1. The molecular weight excluding hydrogens is 452 g/mol. The zero-order valence-corrected chi connectivity index (χ0v) is 19.5. The smallest absolute Gasteiger partial charge is 0.328 e. The van der Waals surface area contributed by atoms with Crippen molar-refractivity contribution in [2.45, 2.75) is 25.7 Å². The maximum absolute atomic E-state index is 13.2. The molecule has 3 amide bonds. The molecule has 0 spiro atoms. The molecule has 2 aliphatic heterocycles. The number of carbonyl (C=O) groups is 3. The van der Waals surface area contributed by atoms with Crippen LogP contribution in [0, 0.1) is 11.3 Å². The highest BCUT2D eigenvalue weighted by Gasteiger charge is 2.29. The van der Waals surface area contributed by atoms with Gasteiger partial charge in [0.05, 0.1) is 17.9 Å². The summed E-state index contributed by atoms with van der Waals surface area (Å²) in [6, 6.07) is 5.14. The van der Waals surface area contributed by atoms with Gasteiger partial charge in [-0.2, -0.15) is 5.26 Å². The third kappa shape index (κ3) is 5.29. The van der Waals surface area contributed by atoms with Gasteiger partial charge in [-0.15, -0.1) is 0 Å². The van der Waals surface area contributed by atoms with Crippen LogP contribution in [-0.4, -0.2) is 68.2 Å². The van der Waals surface area contributed by atoms with E-state index in [-0.39, 0.29) is 18.2 Å². The predicted octanol–water partition coefficient (Wildman–Crippen LogP) is 2.09. The van der Waals surface area contributed by atoms with Gasteiger partial charge in [0, 0.05) is 33.0 Å². The van der Waals surface area contributed by atoms with Crippen LogP contribution in [-0.2, 0) is 27.1 Å². The standard InChI is InChI=1S/C24H26N6O5/c1-34-8-3-5-16-11-21(26-13-18(16)12-25)28-24(33)30-6-2-4-17-10-20(19(14-31)27-23(17)30)29-7-9-35-15-22(29)32/h10-11,13-14H,2-9,15H2,1H3,(H,26,28,33). The number of hydrogen-bond acceptors (Lipinski definition) is 8. The molecule has 0 aliphatic carbocycles. The Hall–Kier alpha value is -3.88. The minimum Gasteiger partial charge on any atom is -0.385 e. The van der Waals surface area contributed by atoms with Gasteiger partial charge < -0.3 is 14.4 Å². The number of nitrogens with one attached hydrogen (secondary N) is 1. The topological polar surface area (TPSA) is 138 Å². The van der Waals surface area contributed by atoms with Gasteiger partial charge in [0.25, 0.3) is 5.91 Å². The zero-order chi connectivity index (χ0) is 24.8. The van der Waals surface area contributed by atoms with Crippen molar-refractivity contribution < 1.29 is 23.9 Å². The molecule has 182 valence electrons. The summed E-state index contributed by atoms with van der Waals surface area (Å²) < 4.78 is 10.3. The molecule has 11 heteroatoms. The molecule has 2 aromatic rings. The van der Waals surface area contributed by atoms with Crippen LogP contribution in [0.2, 0.25) is 0 Å². The van der Waals surface area contributed by atoms with Crippen LogP contribution in [0.3, 0.4) is 0 Å². The number of nitrogens with zero attached hydrogens (tertiary/aromatic N) is 5. The lowest BCUT2D eigenvalue weighted by molar-refractivity contribution is -0.125. The molecule has 35 heavy (non-hydrogen) atoms. The normalized spacial score (nSPS) is 15.4. The van der Waals surface area contributed by atoms with Crippen molar-refractivity contribution >= 4 is 35.5 Å². The molecule has 1 fully saturated rings. The molecule has 2 aliphatic rings. The van der Waals surface area contributed by atoms with Gasteiger partial charge >= 0.3 is 6.03 Å². The number of nitriles is 1. The van der Waals surface area contributed by atoms with Crippen molar-refractivity contribution in [1.82, 2.24) is 9.97 Å². The number of urea groups is 1. The van der Waals surface area contributed by atoms with Crippen LogP contribution < -0.4 is 15.1 Å². The zero-order valence-electron chi connectivity index (χ0n) is 19.5. The third-order valence-electron chi connectivity index (χ3n) is 5.94. The van der Waals surface area contributed by atoms with Crippen molar-refractivity contribution in [3.8, 4) is 6.07 Å². The van der Waals surface area contributed by atoms with Gasteiger partial charge in [-0.3, -0.25) is 19.8 Å². The number of ether oxygens (including phenoxy) is 2. The van der Waals surface area contributed by atoms with E-state index in [1.165, 1.54) is 16.0 Å². The van der Waals surface area contributed by atoms with Crippen LogP contribution in [0.5, 0.6) is 0 Å². The van der Waals surface area contributed by atoms with E-state index in [9.17, 15) is 19.6 Å². The number of carbonyl (C=O) groups excluding carboxylic acids is 3. The van der Waals surface area contributed by atoms with Gasteiger partial charge in [-0.25, -0.2) is 14.8 Å². The van der Waals surface area contributed by atoms with E-state index in [2.05, 4.69) is 21.4 Å². The average Bonchev–Trinajstić information content (AvgIpc) is 2.88. The Balaban J connectivity index is 1.58. The van der Waals surface area contributed by atoms with Crippen molar-refractivity contribution in [1.29, 1.82) is 5.26 Å². The van der Waals surface area contributed by atoms with E-state index in [1.54, 1.807) is 19.2 Å². The molecule has 0 atom stereocenters. The number of aldehydes is 1. The Labute approximate surface area is 202 Å². The van der Waals surface area contributed by atoms with Crippen LogP contribution in [0.4, 0.5) is 22.1 Å². The van der Waals surface area contributed by atoms with Crippen molar-refractivity contribution in [3.05, 3.63) is 40.7 Å². The molecule has 2 aromatic heterocycles. The highest BCUT2D eigenvalue weighted by atomic mass is 16.5. The fourth-order valence-electron chi connectivity index (χ4n) is 4.23. The molecule has 11 nitrogen and oxygen atoms in total. The summed E-state index contributed by atoms with van der Waals surface area (Å²) in [6.45, 7) is 1.64. The Morgan fingerprint density at radius 2 is 2.23 bits per heavy atom. The fourth-order valence-corrected chi connectivity index (χ4v) is 4.23. The lowest BCUT2D eigenvalue weighted by Gasteiger charge is -2.32. The quantitative estimate of drug-likeness (QED) is 0.472. The Kier molecular flexibility index (Phi) is 7.64. The number of pyridine rings is 2. The highest BCUT2D eigenvalue weighted by Crippen LogP contribution is 2.32. The van der Waals surface area contributed by atoms with Crippen LogP contribution in [0.25, 0.3) is 0 Å². The predicted molar refractivity (Wildman–Crippen MR) is 127 cm³/mol. The molecule has 0 saturated carbocycles. The van der Waals surface area contributed by atoms with Crippen LogP contribution in [0.15, 0.2) is 18.3 Å². The number of anilines is 3. The van der Waals surface area contributed by atoms with Crippen molar-refractivity contribution in [3.63, 3.8) is 0 Å². The number of amides is 3. The number of rotatable bonds is 7. The monoisotopic (exact) mass is 478 g/mol. The van der Waals surface area contributed by atoms with Crippen LogP contribution in [0.1, 0.15) is 40.0 Å². The number of aromatic nitrogens is 2. The number of morpholine rings is 1. The summed E-state index contributed by atoms with van der Waals surface area (Å²) in [5, 5.41) is 12.1. The highest BCUT2D eigenvalue weighted by molar-refractivity contribution is 6.03. The number of methoxy groups -OCH3 is 1. The van der Waals surface area contributed by atoms with E-state index in [0.29, 0.717) is 74.7 Å². The second-order valence-corrected chi connectivity index (χ2v) is 8.21. The first-order valence-corrected chi connectivity index (χ1v) is 11.4. The first-order valence-electron chi connectivity index (χ1n) is 11.4. The van der Waals surface area contributed by atoms with Crippen molar-refractivity contribution in [2.75, 3.05) is 55.1 Å².